The molecule has 1 aliphatic heterocycles. The van der Waals surface area contributed by atoms with Crippen molar-refractivity contribution in [2.75, 3.05) is 6.61 Å². The number of aromatic nitrogens is 2. The van der Waals surface area contributed by atoms with Crippen LogP contribution in [0.2, 0.25) is 0 Å². The second kappa shape index (κ2) is 7.19. The lowest BCUT2D eigenvalue weighted by Crippen LogP contribution is -2.31. The molecule has 1 saturated heterocycles. The molecule has 2 heterocycles. The zero-order valence-electron chi connectivity index (χ0n) is 14.1. The average molecular weight is 367 g/mol. The molecule has 26 heavy (non-hydrogen) atoms. The molecule has 1 aliphatic rings. The summed E-state index contributed by atoms with van der Waals surface area (Å²) in [5.74, 6) is -1.47. The van der Waals surface area contributed by atoms with E-state index in [0.717, 1.165) is 12.1 Å². The minimum absolute atomic E-state index is 0.0933. The van der Waals surface area contributed by atoms with Crippen LogP contribution in [0, 0.1) is 12.7 Å². The molecule has 0 spiro atoms. The number of ether oxygens (including phenoxy) is 2. The largest absolute Gasteiger partial charge is 0.447 e. The minimum atomic E-state index is -3.14. The highest BCUT2D eigenvalue weighted by Crippen LogP contribution is 2.27. The van der Waals surface area contributed by atoms with Crippen LogP contribution in [0.4, 0.5) is 18.0 Å². The number of alkyl halides is 2. The van der Waals surface area contributed by atoms with Gasteiger partial charge in [0, 0.05) is 5.56 Å². The monoisotopic (exact) mass is 367 g/mol. The first kappa shape index (κ1) is 18.0. The van der Waals surface area contributed by atoms with Crippen molar-refractivity contribution in [2.24, 2.45) is 0 Å². The molecular weight excluding hydrogens is 351 g/mol. The highest BCUT2D eigenvalue weighted by atomic mass is 19.3. The van der Waals surface area contributed by atoms with Gasteiger partial charge in [-0.3, -0.25) is 9.88 Å². The molecule has 1 amide bonds. The van der Waals surface area contributed by atoms with Gasteiger partial charge in [-0.2, -0.15) is 8.78 Å². The Morgan fingerprint density at radius 3 is 2.85 bits per heavy atom. The van der Waals surface area contributed by atoms with Crippen molar-refractivity contribution in [2.45, 2.75) is 33.0 Å². The molecule has 6 nitrogen and oxygen atoms in total. The number of halogens is 3. The van der Waals surface area contributed by atoms with E-state index in [-0.39, 0.29) is 12.6 Å². The Morgan fingerprint density at radius 1 is 1.42 bits per heavy atom. The Kier molecular flexibility index (Phi) is 4.97. The van der Waals surface area contributed by atoms with Gasteiger partial charge in [-0.05, 0) is 32.0 Å². The number of amides is 1. The number of rotatable bonds is 5. The van der Waals surface area contributed by atoms with Crippen LogP contribution in [0.1, 0.15) is 18.3 Å². The fourth-order valence-electron chi connectivity index (χ4n) is 2.55. The summed E-state index contributed by atoms with van der Waals surface area (Å²) in [4.78, 5) is 22.0. The summed E-state index contributed by atoms with van der Waals surface area (Å²) in [6.45, 7) is 0.965. The van der Waals surface area contributed by atoms with Crippen molar-refractivity contribution in [1.82, 2.24) is 14.9 Å². The minimum Gasteiger partial charge on any atom is -0.447 e. The van der Waals surface area contributed by atoms with E-state index in [2.05, 4.69) is 14.7 Å². The molecule has 1 atom stereocenters. The van der Waals surface area contributed by atoms with Crippen LogP contribution in [-0.2, 0) is 11.3 Å². The maximum atomic E-state index is 13.6. The standard InChI is InChI=1S/C17H16F3N3O3/c1-9-8-25-17(24)23(9)7-14-10(2)21-6-13(22-14)11-3-4-12(18)15(5-11)26-16(19)20/h3-6,9,16H,7-8H2,1-2H3/t9-/m1/s1. The number of carbonyl (C=O) groups excluding carboxylic acids is 1. The van der Waals surface area contributed by atoms with E-state index in [9.17, 15) is 18.0 Å². The molecule has 0 N–H and O–H groups in total. The van der Waals surface area contributed by atoms with Crippen molar-refractivity contribution in [3.05, 3.63) is 41.6 Å². The molecule has 0 radical (unpaired) electrons. The summed E-state index contributed by atoms with van der Waals surface area (Å²) in [6, 6.07) is 3.46. The number of hydrogen-bond acceptors (Lipinski definition) is 5. The van der Waals surface area contributed by atoms with E-state index in [1.54, 1.807) is 6.92 Å². The molecule has 3 rings (SSSR count). The predicted octanol–water partition coefficient (Wildman–Crippen LogP) is 3.53. The molecule has 0 aliphatic carbocycles. The van der Waals surface area contributed by atoms with E-state index in [1.807, 2.05) is 6.92 Å². The van der Waals surface area contributed by atoms with E-state index in [1.165, 1.54) is 17.2 Å². The zero-order valence-corrected chi connectivity index (χ0v) is 14.1. The smallest absolute Gasteiger partial charge is 0.410 e. The summed E-state index contributed by atoms with van der Waals surface area (Å²) in [7, 11) is 0. The Bertz CT molecular complexity index is 832. The summed E-state index contributed by atoms with van der Waals surface area (Å²) in [6.07, 6.45) is 1.02. The van der Waals surface area contributed by atoms with Crippen LogP contribution in [0.15, 0.2) is 24.4 Å². The molecular formula is C17H16F3N3O3. The molecule has 1 fully saturated rings. The topological polar surface area (TPSA) is 64.6 Å². The predicted molar refractivity (Wildman–Crippen MR) is 85.1 cm³/mol. The molecule has 1 aromatic heterocycles. The molecule has 138 valence electrons. The van der Waals surface area contributed by atoms with Gasteiger partial charge in [-0.25, -0.2) is 14.2 Å². The van der Waals surface area contributed by atoms with Crippen LogP contribution in [0.3, 0.4) is 0 Å². The van der Waals surface area contributed by atoms with Gasteiger partial charge >= 0.3 is 12.7 Å². The molecule has 1 aromatic carbocycles. The number of carbonyl (C=O) groups is 1. The lowest BCUT2D eigenvalue weighted by Gasteiger charge is -2.18. The highest BCUT2D eigenvalue weighted by Gasteiger charge is 2.30. The third kappa shape index (κ3) is 3.71. The van der Waals surface area contributed by atoms with Gasteiger partial charge in [0.2, 0.25) is 0 Å². The van der Waals surface area contributed by atoms with Gasteiger partial charge in [-0.15, -0.1) is 0 Å². The SMILES string of the molecule is Cc1ncc(-c2ccc(F)c(OC(F)F)c2)nc1CN1C(=O)OC[C@H]1C. The second-order valence-corrected chi connectivity index (χ2v) is 5.86. The maximum Gasteiger partial charge on any atom is 0.410 e. The quantitative estimate of drug-likeness (QED) is 0.809. The lowest BCUT2D eigenvalue weighted by molar-refractivity contribution is -0.0521. The van der Waals surface area contributed by atoms with Crippen LogP contribution in [0.5, 0.6) is 5.75 Å². The molecule has 0 bridgehead atoms. The Labute approximate surface area is 147 Å². The average Bonchev–Trinajstić information content (AvgIpc) is 2.90. The van der Waals surface area contributed by atoms with Gasteiger partial charge in [0.25, 0.3) is 0 Å². The highest BCUT2D eigenvalue weighted by molar-refractivity contribution is 5.70. The van der Waals surface area contributed by atoms with E-state index in [0.29, 0.717) is 29.3 Å². The summed E-state index contributed by atoms with van der Waals surface area (Å²) in [5.41, 5.74) is 1.87. The van der Waals surface area contributed by atoms with Crippen LogP contribution >= 0.6 is 0 Å². The first-order valence-corrected chi connectivity index (χ1v) is 7.86. The summed E-state index contributed by atoms with van der Waals surface area (Å²) < 4.78 is 47.5. The second-order valence-electron chi connectivity index (χ2n) is 5.86. The fraction of sp³-hybridized carbons (Fsp3) is 0.353. The first-order valence-electron chi connectivity index (χ1n) is 7.86. The van der Waals surface area contributed by atoms with Crippen molar-refractivity contribution in [3.8, 4) is 17.0 Å². The van der Waals surface area contributed by atoms with Crippen LogP contribution in [-0.4, -0.2) is 40.2 Å². The van der Waals surface area contributed by atoms with Gasteiger partial charge in [0.15, 0.2) is 11.6 Å². The fourth-order valence-corrected chi connectivity index (χ4v) is 2.55. The maximum absolute atomic E-state index is 13.6. The van der Waals surface area contributed by atoms with Crippen molar-refractivity contribution >= 4 is 6.09 Å². The van der Waals surface area contributed by atoms with Crippen LogP contribution in [0.25, 0.3) is 11.3 Å². The third-order valence-electron chi connectivity index (χ3n) is 4.03. The van der Waals surface area contributed by atoms with E-state index in [4.69, 9.17) is 4.74 Å². The van der Waals surface area contributed by atoms with E-state index >= 15 is 0 Å². The molecule has 9 heteroatoms. The number of aryl methyl sites for hydroxylation is 1. The summed E-state index contributed by atoms with van der Waals surface area (Å²) >= 11 is 0. The van der Waals surface area contributed by atoms with Gasteiger partial charge < -0.3 is 9.47 Å². The first-order chi connectivity index (χ1) is 12.3. The van der Waals surface area contributed by atoms with Crippen LogP contribution < -0.4 is 4.74 Å². The van der Waals surface area contributed by atoms with E-state index < -0.39 is 24.3 Å². The molecule has 0 unspecified atom stereocenters. The number of nitrogens with zero attached hydrogens (tertiary/aromatic N) is 3. The Morgan fingerprint density at radius 2 is 2.19 bits per heavy atom. The van der Waals surface area contributed by atoms with Crippen molar-refractivity contribution in [3.63, 3.8) is 0 Å². The van der Waals surface area contributed by atoms with Gasteiger partial charge in [-0.1, -0.05) is 0 Å². The Balaban J connectivity index is 1.91. The Hall–Kier alpha value is -2.84. The van der Waals surface area contributed by atoms with Gasteiger partial charge in [0.05, 0.1) is 35.9 Å². The normalized spacial score (nSPS) is 16.9. The third-order valence-corrected chi connectivity index (χ3v) is 4.03. The number of benzene rings is 1. The zero-order chi connectivity index (χ0) is 18.8. The van der Waals surface area contributed by atoms with Gasteiger partial charge in [0.1, 0.15) is 6.61 Å². The summed E-state index contributed by atoms with van der Waals surface area (Å²) in [5, 5.41) is 0. The van der Waals surface area contributed by atoms with Crippen molar-refractivity contribution in [1.29, 1.82) is 0 Å². The number of hydrogen-bond donors (Lipinski definition) is 0. The molecule has 2 aromatic rings. The van der Waals surface area contributed by atoms with Crippen molar-refractivity contribution < 1.29 is 27.4 Å². The number of cyclic esters (lactones) is 1. The lowest BCUT2D eigenvalue weighted by atomic mass is 10.1. The molecule has 0 saturated carbocycles.